The van der Waals surface area contributed by atoms with Gasteiger partial charge in [-0.15, -0.1) is 0 Å². The Kier molecular flexibility index (Phi) is 163. The number of aliphatic hydroxyl groups excluding tert-OH is 3. The topological polar surface area (TPSA) is 218 Å². The second-order valence-electron chi connectivity index (χ2n) is 28.2. The first kappa shape index (κ1) is 141. The normalized spacial score (nSPS) is 11.7. The Morgan fingerprint density at radius 3 is 0.766 bits per heavy atom. The van der Waals surface area contributed by atoms with Crippen LogP contribution in [0.1, 0.15) is 341 Å². The van der Waals surface area contributed by atoms with Crippen molar-refractivity contribution in [2.45, 2.75) is 439 Å². The van der Waals surface area contributed by atoms with E-state index >= 15 is 0 Å². The molecule has 0 radical (unpaired) electrons. The van der Waals surface area contributed by atoms with Crippen LogP contribution in [0.3, 0.4) is 0 Å². The first-order valence-corrected chi connectivity index (χ1v) is 40.4. The van der Waals surface area contributed by atoms with Gasteiger partial charge in [-0.1, -0.05) is 89.5 Å². The Balaban J connectivity index is -0.0000000663. The Labute approximate surface area is 672 Å². The monoisotopic (exact) mass is 1570 g/mol. The predicted octanol–water partition coefficient (Wildman–Crippen LogP) is 21.5. The number of aliphatic hydroxyl groups is 3. The molecule has 672 valence electrons. The SMILES string of the molecule is C.C.C.C.CC(C)OC(C)C.CC(C)OC1CCC1.CC(C)OCCCO.CC(C)OC[C@@H](C)O.CC(O)COC(C)C.CCCCCCOC(C)C.CCCCCOC(C)C.CCCOC(C)C.CCCOCCOC(C)C.COCCCOC(C)C.COCCOC(C)C.COCCOCCOC(C)C. The summed E-state index contributed by atoms with van der Waals surface area (Å²) >= 11 is 0. The summed E-state index contributed by atoms with van der Waals surface area (Å²) in [6.07, 6.45) is 21.3. The van der Waals surface area contributed by atoms with E-state index in [9.17, 15) is 0 Å². The molecule has 0 aromatic heterocycles. The summed E-state index contributed by atoms with van der Waals surface area (Å²) in [5.41, 5.74) is 0. The molecule has 0 aliphatic heterocycles. The zero-order valence-corrected chi connectivity index (χ0v) is 75.1. The Morgan fingerprint density at radius 2 is 0.533 bits per heavy atom. The molecule has 2 atom stereocenters. The molecule has 0 bridgehead atoms. The smallest absolute Gasteiger partial charge is 0.0745 e. The first-order chi connectivity index (χ1) is 48.3. The zero-order valence-electron chi connectivity index (χ0n) is 75.1. The van der Waals surface area contributed by atoms with E-state index in [4.69, 9.17) is 95.8 Å². The van der Waals surface area contributed by atoms with Crippen LogP contribution >= 0.6 is 0 Å². The minimum absolute atomic E-state index is 0. The highest BCUT2D eigenvalue weighted by Crippen LogP contribution is 2.22. The number of unbranched alkanes of at least 4 members (excludes halogenated alkanes) is 5. The molecule has 20 heteroatoms. The van der Waals surface area contributed by atoms with Crippen LogP contribution in [0.4, 0.5) is 0 Å². The van der Waals surface area contributed by atoms with Gasteiger partial charge in [-0.05, 0) is 252 Å². The van der Waals surface area contributed by atoms with Crippen molar-refractivity contribution in [2.75, 3.05) is 140 Å². The number of methoxy groups -OCH3 is 3. The highest BCUT2D eigenvalue weighted by Gasteiger charge is 2.18. The van der Waals surface area contributed by atoms with Crippen molar-refractivity contribution >= 4 is 0 Å². The molecule has 0 spiro atoms. The minimum Gasteiger partial charge on any atom is -0.396 e. The van der Waals surface area contributed by atoms with Crippen molar-refractivity contribution in [3.05, 3.63) is 0 Å². The second kappa shape index (κ2) is 123. The fourth-order valence-corrected chi connectivity index (χ4v) is 6.42. The van der Waals surface area contributed by atoms with Crippen molar-refractivity contribution in [3.8, 4) is 0 Å². The summed E-state index contributed by atoms with van der Waals surface area (Å²) in [6, 6.07) is 0. The van der Waals surface area contributed by atoms with E-state index in [-0.39, 0.29) is 60.7 Å². The van der Waals surface area contributed by atoms with Crippen molar-refractivity contribution in [3.63, 3.8) is 0 Å². The van der Waals surface area contributed by atoms with Crippen LogP contribution in [-0.2, 0) is 80.5 Å². The molecule has 1 fully saturated rings. The van der Waals surface area contributed by atoms with Gasteiger partial charge in [-0.25, -0.2) is 0 Å². The van der Waals surface area contributed by atoms with Gasteiger partial charge in [-0.3, -0.25) is 0 Å². The summed E-state index contributed by atoms with van der Waals surface area (Å²) in [5, 5.41) is 25.7. The lowest BCUT2D eigenvalue weighted by Gasteiger charge is -2.27. The third-order valence-electron chi connectivity index (χ3n) is 11.3. The maximum atomic E-state index is 8.68. The van der Waals surface area contributed by atoms with Gasteiger partial charge >= 0.3 is 0 Å². The van der Waals surface area contributed by atoms with E-state index in [1.54, 1.807) is 35.2 Å². The van der Waals surface area contributed by atoms with Crippen molar-refractivity contribution < 1.29 is 95.8 Å². The molecule has 107 heavy (non-hydrogen) atoms. The zero-order chi connectivity index (χ0) is 81.9. The molecule has 0 amide bonds. The van der Waals surface area contributed by atoms with E-state index in [0.29, 0.717) is 133 Å². The Hall–Kier alpha value is -0.800. The Morgan fingerprint density at radius 1 is 0.262 bits per heavy atom. The number of ether oxygens (including phenoxy) is 17. The molecular formula is C87H204O20. The predicted molar refractivity (Wildman–Crippen MR) is 464 cm³/mol. The van der Waals surface area contributed by atoms with E-state index in [1.165, 1.54) is 64.2 Å². The van der Waals surface area contributed by atoms with E-state index in [2.05, 4.69) is 83.1 Å². The number of hydrogen-bond donors (Lipinski definition) is 3. The summed E-state index contributed by atoms with van der Waals surface area (Å²) < 4.78 is 87.6. The lowest BCUT2D eigenvalue weighted by molar-refractivity contribution is -0.0347. The molecule has 0 heterocycles. The lowest BCUT2D eigenvalue weighted by atomic mass is 9.96. The number of rotatable bonds is 50. The van der Waals surface area contributed by atoms with E-state index < -0.39 is 0 Å². The van der Waals surface area contributed by atoms with Crippen LogP contribution in [0.2, 0.25) is 0 Å². The second-order valence-corrected chi connectivity index (χ2v) is 28.2. The highest BCUT2D eigenvalue weighted by molar-refractivity contribution is 4.69. The molecule has 0 aromatic rings. The molecular weight excluding hydrogens is 1360 g/mol. The van der Waals surface area contributed by atoms with E-state index in [0.717, 1.165) is 78.5 Å². The molecule has 1 unspecified atom stereocenters. The third kappa shape index (κ3) is 221. The van der Waals surface area contributed by atoms with Gasteiger partial charge in [-0.2, -0.15) is 0 Å². The fraction of sp³-hybridized carbons (Fsp3) is 1.00. The molecule has 1 rings (SSSR count). The standard InChI is InChI=1S/C9H20O.C8H18O3.C8H18O2.C8H18O.C7H16O2.C7H14O.4C6H14O2.2C6H14O.4CH4/c1-4-5-6-7-8-10-9(2)3;1-8(2)11-7-6-10-5-4-9-3;1-4-5-9-6-7-10-8(2)3;1-4-5-6-7-9-8(2)3;1-7(2)9-6-4-5-8-3;1-6(2)8-7-4-3-5-7;1-6(2)8-5-4-7-3;2*1-5(2)8-4-6(3)7;1-6(2)8-5-3-4-7;1-5(2)7-6(3)4;1-4-5-7-6(2)3;;;;/h9H,4-8H2,1-3H3;8H,4-7H2,1-3H3;8H,4-7H2,1-3H3;8H,4-7H2,1-3H3;7H,4-6H2,1-3H3;6-7H,3-5H2,1-2H3;6H,4-5H2,1-3H3;2*5-7H,4H2,1-3H3;6-7H,3-5H2,1-2H3;5-6H,1-4H3;6H,4-5H2,1-3H3;4*1H4/t;;;;;;;6-;;;;;;;;/m.......1......../s1. The Bertz CT molecular complexity index is 1230. The van der Waals surface area contributed by atoms with Crippen LogP contribution in [0.5, 0.6) is 0 Å². The van der Waals surface area contributed by atoms with Crippen molar-refractivity contribution in [2.24, 2.45) is 0 Å². The highest BCUT2D eigenvalue weighted by atomic mass is 16.6. The summed E-state index contributed by atoms with van der Waals surface area (Å²) in [6.45, 7) is 77.3. The van der Waals surface area contributed by atoms with Gasteiger partial charge in [0.05, 0.1) is 164 Å². The van der Waals surface area contributed by atoms with Gasteiger partial charge < -0.3 is 95.8 Å². The first-order valence-electron chi connectivity index (χ1n) is 40.4. The minimum atomic E-state index is -0.336. The summed E-state index contributed by atoms with van der Waals surface area (Å²) in [7, 11) is 5.03. The van der Waals surface area contributed by atoms with E-state index in [1.807, 2.05) is 125 Å². The average Bonchev–Trinajstić information content (AvgIpc) is 0.930. The molecule has 1 saturated carbocycles. The van der Waals surface area contributed by atoms with Gasteiger partial charge in [0.1, 0.15) is 0 Å². The van der Waals surface area contributed by atoms with Crippen molar-refractivity contribution in [1.29, 1.82) is 0 Å². The van der Waals surface area contributed by atoms with Crippen LogP contribution in [0.25, 0.3) is 0 Å². The van der Waals surface area contributed by atoms with Gasteiger partial charge in [0.2, 0.25) is 0 Å². The van der Waals surface area contributed by atoms with Crippen LogP contribution in [0, 0.1) is 0 Å². The van der Waals surface area contributed by atoms with Gasteiger partial charge in [0, 0.05) is 74.2 Å². The molecule has 3 N–H and O–H groups in total. The van der Waals surface area contributed by atoms with Crippen LogP contribution < -0.4 is 0 Å². The summed E-state index contributed by atoms with van der Waals surface area (Å²) in [4.78, 5) is 0. The maximum Gasteiger partial charge on any atom is 0.0745 e. The molecule has 1 aliphatic rings. The fourth-order valence-electron chi connectivity index (χ4n) is 6.42. The maximum absolute atomic E-state index is 8.68. The van der Waals surface area contributed by atoms with Gasteiger partial charge in [0.15, 0.2) is 0 Å². The van der Waals surface area contributed by atoms with Crippen molar-refractivity contribution in [1.82, 2.24) is 0 Å². The summed E-state index contributed by atoms with van der Waals surface area (Å²) in [5.74, 6) is 0. The lowest BCUT2D eigenvalue weighted by Crippen LogP contribution is -2.24. The van der Waals surface area contributed by atoms with Gasteiger partial charge in [0.25, 0.3) is 0 Å². The largest absolute Gasteiger partial charge is 0.396 e. The number of hydrogen-bond acceptors (Lipinski definition) is 20. The molecule has 1 aliphatic carbocycles. The van der Waals surface area contributed by atoms with Crippen LogP contribution in [-0.4, -0.2) is 253 Å². The quantitative estimate of drug-likeness (QED) is 0.0482. The third-order valence-corrected chi connectivity index (χ3v) is 11.3. The molecule has 0 aromatic carbocycles. The average molecular weight is 1570 g/mol. The molecule has 20 nitrogen and oxygen atoms in total. The molecule has 0 saturated heterocycles. The van der Waals surface area contributed by atoms with Crippen LogP contribution in [0.15, 0.2) is 0 Å².